The predicted octanol–water partition coefficient (Wildman–Crippen LogP) is 16.5. The van der Waals surface area contributed by atoms with Gasteiger partial charge in [-0.3, -0.25) is 4.57 Å². The van der Waals surface area contributed by atoms with E-state index in [-0.39, 0.29) is 38.9 Å². The molecule has 13 aromatic rings. The van der Waals surface area contributed by atoms with Gasteiger partial charge in [-0.25, -0.2) is 4.98 Å². The molecule has 15 rings (SSSR count). The number of para-hydroxylation sites is 6. The molecule has 0 fully saturated rings. The average Bonchev–Trinajstić information content (AvgIpc) is 2.66. The molecular weight excluding hydrogens is 1180 g/mol. The molecule has 2 aliphatic rings. The smallest absolute Gasteiger partial charge is 0.420 e. The minimum Gasteiger partial charge on any atom is -0.510 e. The number of ether oxygens (including phenoxy) is 1. The van der Waals surface area contributed by atoms with Crippen molar-refractivity contribution in [2.24, 2.45) is 0 Å². The fourth-order valence-corrected chi connectivity index (χ4v) is 12.6. The van der Waals surface area contributed by atoms with E-state index >= 15 is 0 Å². The van der Waals surface area contributed by atoms with Crippen LogP contribution in [-0.4, -0.2) is 21.1 Å². The minimum atomic E-state index is -0.359. The number of rotatable bonds is 9. The molecule has 398 valence electrons. The second-order valence-electron chi connectivity index (χ2n) is 22.8. The zero-order chi connectivity index (χ0) is 54.6. The zero-order valence-corrected chi connectivity index (χ0v) is 48.4. The van der Waals surface area contributed by atoms with Crippen LogP contribution in [0.25, 0.3) is 72.3 Å². The maximum atomic E-state index is 6.99. The third-order valence-corrected chi connectivity index (χ3v) is 16.6. The van der Waals surface area contributed by atoms with E-state index in [9.17, 15) is 0 Å². The number of imidazole rings is 1. The largest absolute Gasteiger partial charge is 0.510 e. The molecule has 0 amide bonds. The number of anilines is 4. The number of hydrogen-bond donors (Lipinski definition) is 0. The third kappa shape index (κ3) is 8.22. The van der Waals surface area contributed by atoms with Crippen LogP contribution in [0.1, 0.15) is 51.3 Å². The zero-order valence-electron chi connectivity index (χ0n) is 46.1. The fraction of sp³-hybridized carbons (Fsp3) is 0.0959. The first-order valence-electron chi connectivity index (χ1n) is 27.8. The molecule has 7 nitrogen and oxygen atoms in total. The molecule has 0 N–H and O–H groups in total. The van der Waals surface area contributed by atoms with Crippen LogP contribution in [-0.2, 0) is 31.9 Å². The number of nitrogens with zero attached hydrogens (tertiary/aromatic N) is 6. The van der Waals surface area contributed by atoms with Gasteiger partial charge in [-0.05, 0) is 115 Å². The first-order valence-corrected chi connectivity index (χ1v) is 27.8. The van der Waals surface area contributed by atoms with Crippen LogP contribution in [0.3, 0.4) is 0 Å². The maximum absolute atomic E-state index is 6.99. The Morgan fingerprint density at radius 1 is 0.549 bits per heavy atom. The summed E-state index contributed by atoms with van der Waals surface area (Å²) in [6.07, 6.45) is 5.84. The molecule has 10 aromatic carbocycles. The van der Waals surface area contributed by atoms with Gasteiger partial charge in [0.15, 0.2) is 0 Å². The van der Waals surface area contributed by atoms with Crippen LogP contribution >= 0.6 is 0 Å². The molecule has 5 heterocycles. The van der Waals surface area contributed by atoms with Crippen LogP contribution < -0.4 is 24.4 Å². The number of hydrogen-bond acceptors (Lipinski definition) is 4. The van der Waals surface area contributed by atoms with Crippen LogP contribution in [0.4, 0.5) is 22.7 Å². The van der Waals surface area contributed by atoms with Crippen molar-refractivity contribution in [3.05, 3.63) is 278 Å². The Bertz CT molecular complexity index is 4470. The molecule has 0 spiro atoms. The van der Waals surface area contributed by atoms with Gasteiger partial charge in [-0.1, -0.05) is 198 Å². The number of fused-ring (bicyclic) bond motifs is 6. The summed E-state index contributed by atoms with van der Waals surface area (Å²) in [5.41, 5.74) is 19.3. The SMILES string of the molecule is CC(C)(C)c1ccnc(-n2c3[c-]c(Oc4[c-]c5c(cc4)C(C)(C)c4cccc6c4n-5[c-][n+]6-c4c(-c5ccccc5)cccc4-c4ccccc4)ccc3c3cc(B4N(c5ccccc5)c5ccccc5N4c4ccccc4)ccc32)c1.[Pt]. The predicted molar refractivity (Wildman–Crippen MR) is 331 cm³/mol. The quantitative estimate of drug-likeness (QED) is 0.0821. The Kier molecular flexibility index (Phi) is 12.3. The Hall–Kier alpha value is -9.23. The van der Waals surface area contributed by atoms with Gasteiger partial charge in [-0.15, -0.1) is 35.2 Å². The van der Waals surface area contributed by atoms with Gasteiger partial charge < -0.3 is 23.5 Å². The van der Waals surface area contributed by atoms with Crippen molar-refractivity contribution < 1.29 is 30.4 Å². The fourth-order valence-electron chi connectivity index (χ4n) is 12.6. The van der Waals surface area contributed by atoms with Crippen molar-refractivity contribution in [2.75, 3.05) is 9.62 Å². The molecule has 0 bridgehead atoms. The van der Waals surface area contributed by atoms with E-state index in [1.807, 2.05) is 18.3 Å². The Morgan fingerprint density at radius 2 is 1.13 bits per heavy atom. The molecule has 2 aliphatic heterocycles. The van der Waals surface area contributed by atoms with E-state index in [2.05, 4.69) is 301 Å². The van der Waals surface area contributed by atoms with Crippen molar-refractivity contribution in [1.82, 2.24) is 14.1 Å². The molecular formula is C73H55BN6OPt-2. The second-order valence-corrected chi connectivity index (χ2v) is 22.8. The summed E-state index contributed by atoms with van der Waals surface area (Å²) in [4.78, 5) is 10.0. The van der Waals surface area contributed by atoms with E-state index in [4.69, 9.17) is 9.72 Å². The standard InChI is InChI=1S/C73H55BN6O.Pt/c1-72(2,3)51-42-43-75-69(44-51)78-63-41-36-52(74-79(53-26-14-8-15-27-53)64-33-18-19-34-65(64)80(74)54-28-16-9-17-29-54)45-60(63)59-39-37-55(46-67(59)78)81-56-38-40-61-68(47-56)77-48-76(66-35-21-32-62(71(66)77)73(61,4)5)70-57(49-22-10-6-11-23-49)30-20-31-58(70)50-24-12-7-13-25-50;/h6-45H,1-5H3;/q-2;. The van der Waals surface area contributed by atoms with Crippen molar-refractivity contribution in [3.8, 4) is 50.9 Å². The van der Waals surface area contributed by atoms with Crippen LogP contribution in [0.15, 0.2) is 243 Å². The molecule has 0 atom stereocenters. The van der Waals surface area contributed by atoms with Gasteiger partial charge in [0.2, 0.25) is 0 Å². The normalized spacial score (nSPS) is 13.4. The van der Waals surface area contributed by atoms with Gasteiger partial charge in [0.25, 0.3) is 6.33 Å². The van der Waals surface area contributed by atoms with Gasteiger partial charge in [0.05, 0.1) is 28.1 Å². The van der Waals surface area contributed by atoms with Crippen molar-refractivity contribution in [2.45, 2.75) is 45.4 Å². The van der Waals surface area contributed by atoms with E-state index in [0.717, 1.165) is 106 Å². The van der Waals surface area contributed by atoms with E-state index < -0.39 is 0 Å². The summed E-state index contributed by atoms with van der Waals surface area (Å²) in [5, 5.41) is 2.14. The molecule has 9 heteroatoms. The Morgan fingerprint density at radius 3 is 1.77 bits per heavy atom. The average molecular weight is 1240 g/mol. The summed E-state index contributed by atoms with van der Waals surface area (Å²) in [6.45, 7) is 11.2. The molecule has 82 heavy (non-hydrogen) atoms. The summed E-state index contributed by atoms with van der Waals surface area (Å²) < 4.78 is 13.7. The summed E-state index contributed by atoms with van der Waals surface area (Å²) in [7, 11) is 0. The topological polar surface area (TPSA) is 42.3 Å². The summed E-state index contributed by atoms with van der Waals surface area (Å²) >= 11 is 0. The van der Waals surface area contributed by atoms with Crippen molar-refractivity contribution in [3.63, 3.8) is 0 Å². The first kappa shape index (κ1) is 51.0. The maximum Gasteiger partial charge on any atom is 0.420 e. The van der Waals surface area contributed by atoms with Gasteiger partial charge in [0, 0.05) is 55.7 Å². The van der Waals surface area contributed by atoms with Gasteiger partial charge >= 0.3 is 6.98 Å². The number of pyridine rings is 1. The molecule has 0 saturated heterocycles. The molecule has 3 aromatic heterocycles. The van der Waals surface area contributed by atoms with Gasteiger partial charge in [-0.2, -0.15) is 12.1 Å². The molecule has 0 unspecified atom stereocenters. The van der Waals surface area contributed by atoms with Crippen LogP contribution in [0.2, 0.25) is 0 Å². The first-order chi connectivity index (χ1) is 39.6. The van der Waals surface area contributed by atoms with Crippen LogP contribution in [0.5, 0.6) is 11.5 Å². The Labute approximate surface area is 493 Å². The van der Waals surface area contributed by atoms with E-state index in [0.29, 0.717) is 11.5 Å². The van der Waals surface area contributed by atoms with Crippen LogP contribution in [0, 0.1) is 18.5 Å². The Balaban J connectivity index is 0.00000602. The molecule has 0 radical (unpaired) electrons. The van der Waals surface area contributed by atoms with Crippen molar-refractivity contribution in [1.29, 1.82) is 0 Å². The van der Waals surface area contributed by atoms with E-state index in [1.165, 1.54) is 11.1 Å². The summed E-state index contributed by atoms with van der Waals surface area (Å²) in [6, 6.07) is 92.1. The second kappa shape index (κ2) is 19.8. The summed E-state index contributed by atoms with van der Waals surface area (Å²) in [5.74, 6) is 1.97. The van der Waals surface area contributed by atoms with E-state index in [1.54, 1.807) is 0 Å². The van der Waals surface area contributed by atoms with Crippen molar-refractivity contribution >= 4 is 68.0 Å². The third-order valence-electron chi connectivity index (χ3n) is 16.6. The van der Waals surface area contributed by atoms with Gasteiger partial charge in [0.1, 0.15) is 5.82 Å². The molecule has 0 saturated carbocycles. The monoisotopic (exact) mass is 1240 g/mol. The number of benzene rings is 10. The minimum absolute atomic E-state index is 0. The number of aromatic nitrogens is 4. The molecule has 0 aliphatic carbocycles.